The van der Waals surface area contributed by atoms with E-state index in [0.717, 1.165) is 4.68 Å². The van der Waals surface area contributed by atoms with Crippen molar-refractivity contribution >= 4 is 29.2 Å². The molecule has 0 spiro atoms. The van der Waals surface area contributed by atoms with Gasteiger partial charge >= 0.3 is 12.1 Å². The fraction of sp³-hybridized carbons (Fsp3) is 0.161. The van der Waals surface area contributed by atoms with Gasteiger partial charge in [0.1, 0.15) is 11.8 Å². The second-order valence-corrected chi connectivity index (χ2v) is 10.3. The van der Waals surface area contributed by atoms with E-state index in [9.17, 15) is 27.6 Å². The van der Waals surface area contributed by atoms with Crippen LogP contribution < -0.4 is 15.6 Å². The summed E-state index contributed by atoms with van der Waals surface area (Å²) in [6.07, 6.45) is 0.522. The van der Waals surface area contributed by atoms with Crippen LogP contribution in [0.25, 0.3) is 16.8 Å². The van der Waals surface area contributed by atoms with Crippen LogP contribution in [0.3, 0.4) is 0 Å². The Labute approximate surface area is 264 Å². The zero-order chi connectivity index (χ0) is 33.0. The molecule has 0 bridgehead atoms. The van der Waals surface area contributed by atoms with Crippen molar-refractivity contribution in [1.82, 2.24) is 24.5 Å². The molecular formula is C31H24ClF3N6O5. The van der Waals surface area contributed by atoms with Gasteiger partial charge in [0.2, 0.25) is 5.91 Å². The topological polar surface area (TPSA) is 130 Å². The smallest absolute Gasteiger partial charge is 0.436 e. The molecule has 0 saturated heterocycles. The molecule has 0 saturated carbocycles. The molecular weight excluding hydrogens is 629 g/mol. The number of anilines is 1. The van der Waals surface area contributed by atoms with Crippen molar-refractivity contribution in [3.63, 3.8) is 0 Å². The number of ether oxygens (including phenoxy) is 2. The van der Waals surface area contributed by atoms with Crippen LogP contribution in [0.1, 0.15) is 27.7 Å². The van der Waals surface area contributed by atoms with Gasteiger partial charge in [0, 0.05) is 46.7 Å². The van der Waals surface area contributed by atoms with Crippen molar-refractivity contribution < 1.29 is 32.2 Å². The third-order valence-electron chi connectivity index (χ3n) is 6.93. The van der Waals surface area contributed by atoms with Crippen LogP contribution >= 0.6 is 11.6 Å². The van der Waals surface area contributed by atoms with Gasteiger partial charge in [0.15, 0.2) is 5.69 Å². The summed E-state index contributed by atoms with van der Waals surface area (Å²) in [5, 5.41) is 9.84. The monoisotopic (exact) mass is 652 g/mol. The molecule has 3 aromatic heterocycles. The molecule has 0 fully saturated rings. The van der Waals surface area contributed by atoms with Gasteiger partial charge in [0.25, 0.3) is 5.56 Å². The van der Waals surface area contributed by atoms with E-state index in [1.165, 1.54) is 73.5 Å². The Morgan fingerprint density at radius 2 is 1.70 bits per heavy atom. The summed E-state index contributed by atoms with van der Waals surface area (Å²) in [4.78, 5) is 43.3. The standard InChI is InChI=1S/C31H24ClF3N6O5/c1-45-26-16-40(25(13-18-9-11-36-12-10-18)29(43)37-21-6-3-19(4-7-21)30(44)46-2)28(42)15-23(26)22-14-20(32)5-8-24(22)41-17-27(38-39-41)31(33,34)35/h3-12,14-17,25H,13H2,1-2H3,(H,37,43)/t25-/m0/s1. The van der Waals surface area contributed by atoms with E-state index < -0.39 is 35.3 Å². The number of hydrogen-bond acceptors (Lipinski definition) is 8. The molecule has 0 aliphatic rings. The molecule has 236 valence electrons. The maximum atomic E-state index is 13.7. The van der Waals surface area contributed by atoms with E-state index in [1.807, 2.05) is 0 Å². The summed E-state index contributed by atoms with van der Waals surface area (Å²) in [6, 6.07) is 13.9. The van der Waals surface area contributed by atoms with Gasteiger partial charge in [-0.15, -0.1) is 5.10 Å². The van der Waals surface area contributed by atoms with Crippen molar-refractivity contribution in [3.05, 3.63) is 118 Å². The maximum Gasteiger partial charge on any atom is 0.436 e. The van der Waals surface area contributed by atoms with Crippen molar-refractivity contribution in [3.8, 4) is 22.6 Å². The van der Waals surface area contributed by atoms with E-state index >= 15 is 0 Å². The molecule has 2 aromatic carbocycles. The van der Waals surface area contributed by atoms with E-state index in [4.69, 9.17) is 21.1 Å². The lowest BCUT2D eigenvalue weighted by Crippen LogP contribution is -2.34. The van der Waals surface area contributed by atoms with Crippen molar-refractivity contribution in [2.24, 2.45) is 0 Å². The molecule has 1 atom stereocenters. The fourth-order valence-electron chi connectivity index (χ4n) is 4.67. The Hall–Kier alpha value is -5.50. The number of methoxy groups -OCH3 is 2. The summed E-state index contributed by atoms with van der Waals surface area (Å²) >= 11 is 6.26. The summed E-state index contributed by atoms with van der Waals surface area (Å²) in [7, 11) is 2.60. The Balaban J connectivity index is 1.57. The summed E-state index contributed by atoms with van der Waals surface area (Å²) in [5.41, 5.74) is 0.0845. The Morgan fingerprint density at radius 1 is 0.978 bits per heavy atom. The molecule has 0 aliphatic heterocycles. The Bertz CT molecular complexity index is 1950. The van der Waals surface area contributed by atoms with Crippen LogP contribution in [0.2, 0.25) is 5.02 Å². The first-order valence-corrected chi connectivity index (χ1v) is 13.8. The molecule has 0 aliphatic carbocycles. The first-order chi connectivity index (χ1) is 22.0. The number of nitrogens with one attached hydrogen (secondary N) is 1. The normalized spacial score (nSPS) is 12.0. The van der Waals surface area contributed by atoms with Gasteiger partial charge in [0.05, 0.1) is 37.9 Å². The maximum absolute atomic E-state index is 13.7. The van der Waals surface area contributed by atoms with Crippen molar-refractivity contribution in [2.45, 2.75) is 18.6 Å². The quantitative estimate of drug-likeness (QED) is 0.210. The largest absolute Gasteiger partial charge is 0.495 e. The number of carbonyl (C=O) groups excluding carboxylic acids is 2. The molecule has 1 amide bonds. The number of alkyl halides is 3. The number of pyridine rings is 2. The van der Waals surface area contributed by atoms with Crippen molar-refractivity contribution in [1.29, 1.82) is 0 Å². The van der Waals surface area contributed by atoms with Crippen LogP contribution in [-0.4, -0.2) is 50.6 Å². The average molecular weight is 653 g/mol. The minimum Gasteiger partial charge on any atom is -0.495 e. The first kappa shape index (κ1) is 31.9. The van der Waals surface area contributed by atoms with Gasteiger partial charge in [-0.05, 0) is 60.2 Å². The van der Waals surface area contributed by atoms with Crippen LogP contribution in [0, 0.1) is 0 Å². The van der Waals surface area contributed by atoms with E-state index in [0.29, 0.717) is 17.4 Å². The van der Waals surface area contributed by atoms with E-state index in [2.05, 4.69) is 20.6 Å². The third-order valence-corrected chi connectivity index (χ3v) is 7.17. The van der Waals surface area contributed by atoms with Gasteiger partial charge in [-0.2, -0.15) is 13.2 Å². The van der Waals surface area contributed by atoms with Crippen molar-refractivity contribution in [2.75, 3.05) is 19.5 Å². The zero-order valence-corrected chi connectivity index (χ0v) is 24.9. The van der Waals surface area contributed by atoms with E-state index in [1.54, 1.807) is 24.5 Å². The lowest BCUT2D eigenvalue weighted by molar-refractivity contribution is -0.141. The van der Waals surface area contributed by atoms with Gasteiger partial charge in [-0.3, -0.25) is 19.1 Å². The highest BCUT2D eigenvalue weighted by atomic mass is 35.5. The number of amides is 1. The number of carbonyl (C=O) groups is 2. The Kier molecular flexibility index (Phi) is 9.18. The van der Waals surface area contributed by atoms with Gasteiger partial charge < -0.3 is 14.8 Å². The molecule has 46 heavy (non-hydrogen) atoms. The van der Waals surface area contributed by atoms with E-state index in [-0.39, 0.29) is 39.6 Å². The minimum atomic E-state index is -4.73. The molecule has 1 N–H and O–H groups in total. The predicted molar refractivity (Wildman–Crippen MR) is 161 cm³/mol. The lowest BCUT2D eigenvalue weighted by Gasteiger charge is -2.22. The van der Waals surface area contributed by atoms with Gasteiger partial charge in [-0.1, -0.05) is 16.8 Å². The number of aromatic nitrogens is 5. The molecule has 3 heterocycles. The van der Waals surface area contributed by atoms with Crippen LogP contribution in [0.4, 0.5) is 18.9 Å². The first-order valence-electron chi connectivity index (χ1n) is 13.5. The molecule has 0 radical (unpaired) electrons. The second-order valence-electron chi connectivity index (χ2n) is 9.84. The van der Waals surface area contributed by atoms with Crippen LogP contribution in [-0.2, 0) is 22.1 Å². The molecule has 5 aromatic rings. The minimum absolute atomic E-state index is 0.0819. The fourth-order valence-corrected chi connectivity index (χ4v) is 4.85. The number of nitrogens with zero attached hydrogens (tertiary/aromatic N) is 5. The molecule has 11 nitrogen and oxygen atoms in total. The highest BCUT2D eigenvalue weighted by Gasteiger charge is 2.35. The lowest BCUT2D eigenvalue weighted by atomic mass is 10.0. The number of benzene rings is 2. The predicted octanol–water partition coefficient (Wildman–Crippen LogP) is 5.38. The molecule has 0 unspecified atom stereocenters. The number of hydrogen-bond donors (Lipinski definition) is 1. The van der Waals surface area contributed by atoms with Crippen LogP contribution in [0.15, 0.2) is 90.2 Å². The molecule has 5 rings (SSSR count). The summed E-state index contributed by atoms with van der Waals surface area (Å²) in [5.74, 6) is -0.973. The average Bonchev–Trinajstić information content (AvgIpc) is 3.55. The zero-order valence-electron chi connectivity index (χ0n) is 24.2. The SMILES string of the molecule is COC(=O)c1ccc(NC(=O)[C@H](Cc2ccncc2)n2cc(OC)c(-c3cc(Cl)ccc3-n3cc(C(F)(F)F)nn3)cc2=O)cc1. The highest BCUT2D eigenvalue weighted by Crippen LogP contribution is 2.36. The Morgan fingerprint density at radius 3 is 2.33 bits per heavy atom. The number of esters is 1. The van der Waals surface area contributed by atoms with Gasteiger partial charge in [-0.25, -0.2) is 9.48 Å². The summed E-state index contributed by atoms with van der Waals surface area (Å²) in [6.45, 7) is 0. The highest BCUT2D eigenvalue weighted by molar-refractivity contribution is 6.31. The number of halogens is 4. The second kappa shape index (κ2) is 13.2. The van der Waals surface area contributed by atoms with Crippen LogP contribution in [0.5, 0.6) is 5.75 Å². The number of rotatable bonds is 9. The third kappa shape index (κ3) is 6.91. The molecule has 15 heteroatoms. The summed E-state index contributed by atoms with van der Waals surface area (Å²) < 4.78 is 52.2.